The molecule has 0 amide bonds. The molecule has 0 bridgehead atoms. The molecule has 4 heteroatoms. The van der Waals surface area contributed by atoms with E-state index < -0.39 is 6.10 Å². The molecule has 0 aromatic heterocycles. The van der Waals surface area contributed by atoms with Crippen LogP contribution in [0.4, 0.5) is 0 Å². The van der Waals surface area contributed by atoms with Crippen LogP contribution in [-0.4, -0.2) is 51.2 Å². The van der Waals surface area contributed by atoms with Crippen molar-refractivity contribution in [3.05, 3.63) is 0 Å². The standard InChI is InChI=1S/C16H35NO3/c1-14(2)7-6-9-20-12-15(18)11-17-13-16(3,4)8-10-19-5/h14-15,17-18H,6-13H2,1-5H3. The molecule has 122 valence electrons. The molecule has 0 rings (SSSR count). The van der Waals surface area contributed by atoms with Gasteiger partial charge in [-0.25, -0.2) is 0 Å². The third-order valence-electron chi connectivity index (χ3n) is 3.35. The fourth-order valence-electron chi connectivity index (χ4n) is 1.92. The first-order valence-electron chi connectivity index (χ1n) is 7.83. The van der Waals surface area contributed by atoms with Crippen LogP contribution >= 0.6 is 0 Å². The Kier molecular flexibility index (Phi) is 11.4. The molecule has 0 heterocycles. The number of methoxy groups -OCH3 is 1. The molecular weight excluding hydrogens is 254 g/mol. The van der Waals surface area contributed by atoms with E-state index in [0.717, 1.165) is 38.5 Å². The molecule has 0 saturated heterocycles. The lowest BCUT2D eigenvalue weighted by molar-refractivity contribution is 0.0333. The van der Waals surface area contributed by atoms with Crippen molar-refractivity contribution in [2.75, 3.05) is 40.0 Å². The predicted octanol–water partition coefficient (Wildman–Crippen LogP) is 2.45. The first kappa shape index (κ1) is 19.8. The molecular formula is C16H35NO3. The lowest BCUT2D eigenvalue weighted by Gasteiger charge is -2.25. The molecule has 4 nitrogen and oxygen atoms in total. The Morgan fingerprint density at radius 3 is 2.50 bits per heavy atom. The van der Waals surface area contributed by atoms with Gasteiger partial charge in [0.05, 0.1) is 12.7 Å². The summed E-state index contributed by atoms with van der Waals surface area (Å²) in [5, 5.41) is 13.1. The number of rotatable bonds is 13. The number of ether oxygens (including phenoxy) is 2. The van der Waals surface area contributed by atoms with E-state index in [1.165, 1.54) is 6.42 Å². The van der Waals surface area contributed by atoms with Gasteiger partial charge in [0.15, 0.2) is 0 Å². The van der Waals surface area contributed by atoms with Gasteiger partial charge in [0.2, 0.25) is 0 Å². The normalized spacial score (nSPS) is 13.9. The molecule has 20 heavy (non-hydrogen) atoms. The van der Waals surface area contributed by atoms with Gasteiger partial charge in [0.25, 0.3) is 0 Å². The van der Waals surface area contributed by atoms with Crippen molar-refractivity contribution in [1.82, 2.24) is 5.32 Å². The first-order chi connectivity index (χ1) is 9.37. The van der Waals surface area contributed by atoms with Gasteiger partial charge in [-0.2, -0.15) is 0 Å². The fourth-order valence-corrected chi connectivity index (χ4v) is 1.92. The smallest absolute Gasteiger partial charge is 0.0897 e. The molecule has 0 radical (unpaired) electrons. The Balaban J connectivity index is 3.50. The van der Waals surface area contributed by atoms with Crippen LogP contribution in [0.1, 0.15) is 47.0 Å². The maximum absolute atomic E-state index is 9.82. The van der Waals surface area contributed by atoms with Crippen molar-refractivity contribution in [1.29, 1.82) is 0 Å². The van der Waals surface area contributed by atoms with Gasteiger partial charge >= 0.3 is 0 Å². The second kappa shape index (κ2) is 11.5. The highest BCUT2D eigenvalue weighted by atomic mass is 16.5. The lowest BCUT2D eigenvalue weighted by atomic mass is 9.90. The summed E-state index contributed by atoms with van der Waals surface area (Å²) < 4.78 is 10.6. The highest BCUT2D eigenvalue weighted by Gasteiger charge is 2.17. The molecule has 2 N–H and O–H groups in total. The van der Waals surface area contributed by atoms with E-state index in [1.54, 1.807) is 7.11 Å². The van der Waals surface area contributed by atoms with Crippen molar-refractivity contribution in [2.24, 2.45) is 11.3 Å². The second-order valence-corrected chi connectivity index (χ2v) is 6.80. The SMILES string of the molecule is COCCC(C)(C)CNCC(O)COCCCC(C)C. The van der Waals surface area contributed by atoms with Gasteiger partial charge in [0.1, 0.15) is 0 Å². The zero-order chi connectivity index (χ0) is 15.4. The third kappa shape index (κ3) is 12.9. The van der Waals surface area contributed by atoms with Crippen molar-refractivity contribution < 1.29 is 14.6 Å². The van der Waals surface area contributed by atoms with Gasteiger partial charge in [-0.3, -0.25) is 0 Å². The van der Waals surface area contributed by atoms with E-state index >= 15 is 0 Å². The number of nitrogens with one attached hydrogen (secondary N) is 1. The summed E-state index contributed by atoms with van der Waals surface area (Å²) in [6.07, 6.45) is 2.84. The average molecular weight is 289 g/mol. The molecule has 0 fully saturated rings. The molecule has 0 spiro atoms. The minimum atomic E-state index is -0.424. The highest BCUT2D eigenvalue weighted by Crippen LogP contribution is 2.18. The van der Waals surface area contributed by atoms with Gasteiger partial charge in [-0.05, 0) is 30.6 Å². The number of aliphatic hydroxyl groups excluding tert-OH is 1. The Hall–Kier alpha value is -0.160. The van der Waals surface area contributed by atoms with E-state index in [4.69, 9.17) is 9.47 Å². The summed E-state index contributed by atoms with van der Waals surface area (Å²) in [7, 11) is 1.73. The molecule has 1 atom stereocenters. The monoisotopic (exact) mass is 289 g/mol. The molecule has 0 saturated carbocycles. The van der Waals surface area contributed by atoms with E-state index in [9.17, 15) is 5.11 Å². The predicted molar refractivity (Wildman–Crippen MR) is 84.0 cm³/mol. The van der Waals surface area contributed by atoms with Crippen molar-refractivity contribution >= 4 is 0 Å². The third-order valence-corrected chi connectivity index (χ3v) is 3.35. The van der Waals surface area contributed by atoms with Crippen LogP contribution in [-0.2, 0) is 9.47 Å². The molecule has 0 aromatic rings. The van der Waals surface area contributed by atoms with Gasteiger partial charge in [-0.15, -0.1) is 0 Å². The summed E-state index contributed by atoms with van der Waals surface area (Å²) in [6, 6.07) is 0. The zero-order valence-corrected chi connectivity index (χ0v) is 14.1. The largest absolute Gasteiger partial charge is 0.389 e. The maximum atomic E-state index is 9.82. The van der Waals surface area contributed by atoms with E-state index in [0.29, 0.717) is 13.2 Å². The van der Waals surface area contributed by atoms with Gasteiger partial charge in [0, 0.05) is 33.4 Å². The Morgan fingerprint density at radius 2 is 1.90 bits per heavy atom. The van der Waals surface area contributed by atoms with E-state index in [-0.39, 0.29) is 5.41 Å². The highest BCUT2D eigenvalue weighted by molar-refractivity contribution is 4.72. The van der Waals surface area contributed by atoms with Crippen LogP contribution in [0, 0.1) is 11.3 Å². The van der Waals surface area contributed by atoms with Crippen molar-refractivity contribution in [3.63, 3.8) is 0 Å². The van der Waals surface area contributed by atoms with Crippen molar-refractivity contribution in [2.45, 2.75) is 53.1 Å². The maximum Gasteiger partial charge on any atom is 0.0897 e. The summed E-state index contributed by atoms with van der Waals surface area (Å²) in [6.45, 7) is 12.2. The van der Waals surface area contributed by atoms with E-state index in [1.807, 2.05) is 0 Å². The van der Waals surface area contributed by atoms with Gasteiger partial charge in [-0.1, -0.05) is 27.7 Å². The first-order valence-corrected chi connectivity index (χ1v) is 7.83. The van der Waals surface area contributed by atoms with Crippen LogP contribution < -0.4 is 5.32 Å². The quantitative estimate of drug-likeness (QED) is 0.511. The Labute approximate surface area is 125 Å². The minimum absolute atomic E-state index is 0.188. The Bertz CT molecular complexity index is 220. The van der Waals surface area contributed by atoms with Crippen LogP contribution in [0.15, 0.2) is 0 Å². The van der Waals surface area contributed by atoms with E-state index in [2.05, 4.69) is 33.0 Å². The Morgan fingerprint density at radius 1 is 1.20 bits per heavy atom. The van der Waals surface area contributed by atoms with Crippen LogP contribution in [0.2, 0.25) is 0 Å². The summed E-state index contributed by atoms with van der Waals surface area (Å²) in [5.41, 5.74) is 0.188. The fraction of sp³-hybridized carbons (Fsp3) is 1.00. The molecule has 0 aliphatic rings. The lowest BCUT2D eigenvalue weighted by Crippen LogP contribution is -2.37. The molecule has 0 aliphatic carbocycles. The van der Waals surface area contributed by atoms with Gasteiger partial charge < -0.3 is 19.9 Å². The van der Waals surface area contributed by atoms with Crippen molar-refractivity contribution in [3.8, 4) is 0 Å². The van der Waals surface area contributed by atoms with Crippen LogP contribution in [0.25, 0.3) is 0 Å². The molecule has 0 aliphatic heterocycles. The number of aliphatic hydroxyl groups is 1. The molecule has 1 unspecified atom stereocenters. The number of hydrogen-bond donors (Lipinski definition) is 2. The second-order valence-electron chi connectivity index (χ2n) is 6.80. The summed E-state index contributed by atoms with van der Waals surface area (Å²) in [4.78, 5) is 0. The molecule has 0 aromatic carbocycles. The van der Waals surface area contributed by atoms with Crippen LogP contribution in [0.3, 0.4) is 0 Å². The topological polar surface area (TPSA) is 50.7 Å². The minimum Gasteiger partial charge on any atom is -0.389 e. The average Bonchev–Trinajstić information content (AvgIpc) is 2.35. The summed E-state index contributed by atoms with van der Waals surface area (Å²) in [5.74, 6) is 0.722. The summed E-state index contributed by atoms with van der Waals surface area (Å²) >= 11 is 0. The van der Waals surface area contributed by atoms with Crippen LogP contribution in [0.5, 0.6) is 0 Å². The zero-order valence-electron chi connectivity index (χ0n) is 14.1. The number of hydrogen-bond acceptors (Lipinski definition) is 4.